The van der Waals surface area contributed by atoms with Crippen molar-refractivity contribution in [1.82, 2.24) is 19.4 Å². The van der Waals surface area contributed by atoms with E-state index in [1.807, 2.05) is 31.2 Å². The van der Waals surface area contributed by atoms with Crippen LogP contribution in [0.5, 0.6) is 5.88 Å². The van der Waals surface area contributed by atoms with Crippen LogP contribution in [0.25, 0.3) is 11.0 Å². The van der Waals surface area contributed by atoms with Gasteiger partial charge in [-0.3, -0.25) is 4.90 Å². The number of piperazine rings is 1. The fraction of sp³-hybridized carbons (Fsp3) is 0.406. The summed E-state index contributed by atoms with van der Waals surface area (Å²) in [6.45, 7) is 5.87. The molecule has 1 N–H and O–H groups in total. The number of fused-ring (bicyclic) bond motifs is 3. The maximum absolute atomic E-state index is 14.3. The number of carboxylic acids is 1. The summed E-state index contributed by atoms with van der Waals surface area (Å²) >= 11 is 0. The van der Waals surface area contributed by atoms with E-state index in [0.29, 0.717) is 36.6 Å². The first-order valence-electron chi connectivity index (χ1n) is 14.6. The summed E-state index contributed by atoms with van der Waals surface area (Å²) in [5.74, 6) is 1.11. The van der Waals surface area contributed by atoms with E-state index in [4.69, 9.17) is 19.4 Å². The van der Waals surface area contributed by atoms with Crippen molar-refractivity contribution in [2.75, 3.05) is 24.6 Å². The number of aromatic nitrogens is 3. The Morgan fingerprint density at radius 3 is 2.60 bits per heavy atom. The normalized spacial score (nSPS) is 22.0. The number of imidazole rings is 1. The smallest absolute Gasteiger partial charge is 0.335 e. The first-order chi connectivity index (χ1) is 20.4. The van der Waals surface area contributed by atoms with Crippen molar-refractivity contribution in [3.63, 3.8) is 0 Å². The predicted octanol–water partition coefficient (Wildman–Crippen LogP) is 4.80. The van der Waals surface area contributed by atoms with Crippen molar-refractivity contribution in [1.29, 1.82) is 0 Å². The standard InChI is InChI=1S/C32H34FN5O4/c1-20-5-6-22(26(33)13-20)19-42-31-4-2-3-29(35-31)38-23-8-9-24(38)16-36(15-23)18-30-34-27-10-7-21(32(39)40)14-28(27)37(30)17-25-11-12-41-25/h2-7,10,13-14,23-25H,8-9,11-12,15-19H2,1H3,(H,39,40)/t23?,24?,25-/m0/s1. The van der Waals surface area contributed by atoms with E-state index in [1.165, 1.54) is 6.07 Å². The van der Waals surface area contributed by atoms with Crippen LogP contribution in [0.15, 0.2) is 54.6 Å². The molecule has 3 aliphatic rings. The first-order valence-corrected chi connectivity index (χ1v) is 14.6. The van der Waals surface area contributed by atoms with Gasteiger partial charge in [-0.2, -0.15) is 4.98 Å². The summed E-state index contributed by atoms with van der Waals surface area (Å²) in [5, 5.41) is 9.55. The zero-order valence-electron chi connectivity index (χ0n) is 23.6. The van der Waals surface area contributed by atoms with E-state index < -0.39 is 5.97 Å². The Labute approximate surface area is 243 Å². The van der Waals surface area contributed by atoms with Crippen LogP contribution in [0.1, 0.15) is 46.6 Å². The number of anilines is 1. The minimum Gasteiger partial charge on any atom is -0.478 e. The van der Waals surface area contributed by atoms with Gasteiger partial charge in [-0.15, -0.1) is 0 Å². The monoisotopic (exact) mass is 571 g/mol. The first kappa shape index (κ1) is 26.9. The topological polar surface area (TPSA) is 93.0 Å². The molecule has 9 nitrogen and oxygen atoms in total. The summed E-state index contributed by atoms with van der Waals surface area (Å²) in [6.07, 6.45) is 3.29. The molecule has 3 atom stereocenters. The van der Waals surface area contributed by atoms with Crippen LogP contribution >= 0.6 is 0 Å². The fourth-order valence-electron chi connectivity index (χ4n) is 6.50. The van der Waals surface area contributed by atoms with Crippen molar-refractivity contribution in [3.8, 4) is 5.88 Å². The van der Waals surface area contributed by atoms with E-state index in [0.717, 1.165) is 67.2 Å². The van der Waals surface area contributed by atoms with Crippen LogP contribution in [0.4, 0.5) is 10.2 Å². The number of nitrogens with zero attached hydrogens (tertiary/aromatic N) is 5. The fourth-order valence-corrected chi connectivity index (χ4v) is 6.50. The van der Waals surface area contributed by atoms with Crippen LogP contribution in [0.2, 0.25) is 0 Å². The molecule has 218 valence electrons. The van der Waals surface area contributed by atoms with Crippen LogP contribution in [0, 0.1) is 12.7 Å². The van der Waals surface area contributed by atoms with Gasteiger partial charge < -0.3 is 24.0 Å². The minimum absolute atomic E-state index is 0.129. The molecule has 42 heavy (non-hydrogen) atoms. The molecule has 2 aromatic carbocycles. The molecule has 3 aliphatic heterocycles. The molecule has 2 unspecified atom stereocenters. The molecular weight excluding hydrogens is 537 g/mol. The van der Waals surface area contributed by atoms with E-state index >= 15 is 0 Å². The van der Waals surface area contributed by atoms with Gasteiger partial charge in [0.15, 0.2) is 0 Å². The quantitative estimate of drug-likeness (QED) is 0.306. The van der Waals surface area contributed by atoms with Crippen molar-refractivity contribution in [3.05, 3.63) is 82.9 Å². The molecular formula is C32H34FN5O4. The molecule has 7 rings (SSSR count). The van der Waals surface area contributed by atoms with Gasteiger partial charge in [-0.1, -0.05) is 18.2 Å². The molecule has 0 radical (unpaired) electrons. The van der Waals surface area contributed by atoms with Crippen molar-refractivity contribution in [2.24, 2.45) is 0 Å². The lowest BCUT2D eigenvalue weighted by Crippen LogP contribution is -2.54. The zero-order chi connectivity index (χ0) is 28.8. The highest BCUT2D eigenvalue weighted by atomic mass is 19.1. The molecule has 3 saturated heterocycles. The number of carbonyl (C=O) groups is 1. The number of aryl methyl sites for hydroxylation is 1. The van der Waals surface area contributed by atoms with Gasteiger partial charge >= 0.3 is 5.97 Å². The zero-order valence-corrected chi connectivity index (χ0v) is 23.6. The number of aromatic carboxylic acids is 1. The van der Waals surface area contributed by atoms with Gasteiger partial charge in [0.1, 0.15) is 24.1 Å². The maximum atomic E-state index is 14.3. The Bertz CT molecular complexity index is 1620. The Morgan fingerprint density at radius 1 is 1.07 bits per heavy atom. The molecule has 2 bridgehead atoms. The Morgan fingerprint density at radius 2 is 1.88 bits per heavy atom. The third kappa shape index (κ3) is 5.20. The Kier molecular flexibility index (Phi) is 7.03. The number of hydrogen-bond donors (Lipinski definition) is 1. The SMILES string of the molecule is Cc1ccc(COc2cccc(N3C4CCC3CN(Cc3nc5ccc(C(=O)O)cc5n3C[C@@H]3CCO3)C4)n2)c(F)c1. The minimum atomic E-state index is -0.941. The Balaban J connectivity index is 1.07. The lowest BCUT2D eigenvalue weighted by molar-refractivity contribution is -0.0592. The van der Waals surface area contributed by atoms with Crippen molar-refractivity contribution < 1.29 is 23.8 Å². The van der Waals surface area contributed by atoms with E-state index in [-0.39, 0.29) is 24.1 Å². The van der Waals surface area contributed by atoms with Gasteiger partial charge in [0.05, 0.1) is 35.8 Å². The average Bonchev–Trinajstić information content (AvgIpc) is 3.42. The summed E-state index contributed by atoms with van der Waals surface area (Å²) in [5.41, 5.74) is 3.30. The molecule has 5 heterocycles. The largest absolute Gasteiger partial charge is 0.478 e. The number of likely N-dealkylation sites (tertiary alicyclic amines) is 1. The van der Waals surface area contributed by atoms with Gasteiger partial charge in [0, 0.05) is 43.4 Å². The second-order valence-corrected chi connectivity index (χ2v) is 11.6. The molecule has 3 fully saturated rings. The highest BCUT2D eigenvalue weighted by molar-refractivity contribution is 5.92. The number of halogens is 1. The van der Waals surface area contributed by atoms with Crippen molar-refractivity contribution >= 4 is 22.8 Å². The van der Waals surface area contributed by atoms with Crippen LogP contribution in [-0.2, 0) is 24.4 Å². The summed E-state index contributed by atoms with van der Waals surface area (Å²) < 4.78 is 28.1. The lowest BCUT2D eigenvalue weighted by atomic mass is 10.1. The summed E-state index contributed by atoms with van der Waals surface area (Å²) in [7, 11) is 0. The number of benzene rings is 2. The molecule has 0 aliphatic carbocycles. The van der Waals surface area contributed by atoms with E-state index in [2.05, 4.69) is 14.4 Å². The molecule has 0 spiro atoms. The molecule has 10 heteroatoms. The number of carboxylic acid groups (broad SMARTS) is 1. The summed E-state index contributed by atoms with van der Waals surface area (Å²) in [4.78, 5) is 26.3. The highest BCUT2D eigenvalue weighted by Crippen LogP contribution is 2.35. The van der Waals surface area contributed by atoms with E-state index in [1.54, 1.807) is 24.3 Å². The maximum Gasteiger partial charge on any atom is 0.335 e. The van der Waals surface area contributed by atoms with Crippen molar-refractivity contribution in [2.45, 2.75) is 64.1 Å². The van der Waals surface area contributed by atoms with Gasteiger partial charge in [0.25, 0.3) is 0 Å². The predicted molar refractivity (Wildman–Crippen MR) is 155 cm³/mol. The van der Waals surface area contributed by atoms with Gasteiger partial charge in [-0.05, 0) is 62.1 Å². The second-order valence-electron chi connectivity index (χ2n) is 11.6. The van der Waals surface area contributed by atoms with Crippen LogP contribution in [0.3, 0.4) is 0 Å². The molecule has 2 aromatic heterocycles. The number of pyridine rings is 1. The third-order valence-corrected chi connectivity index (χ3v) is 8.73. The average molecular weight is 572 g/mol. The summed E-state index contributed by atoms with van der Waals surface area (Å²) in [6, 6.07) is 16.7. The molecule has 0 amide bonds. The van der Waals surface area contributed by atoms with E-state index in [9.17, 15) is 14.3 Å². The molecule has 4 aromatic rings. The van der Waals surface area contributed by atoms with Gasteiger partial charge in [0.2, 0.25) is 5.88 Å². The number of hydrogen-bond acceptors (Lipinski definition) is 7. The van der Waals surface area contributed by atoms with Gasteiger partial charge in [-0.25, -0.2) is 14.2 Å². The Hall–Kier alpha value is -4.02. The second kappa shape index (κ2) is 11.0. The number of ether oxygens (including phenoxy) is 2. The van der Waals surface area contributed by atoms with Crippen LogP contribution in [-0.4, -0.2) is 68.4 Å². The van der Waals surface area contributed by atoms with Crippen LogP contribution < -0.4 is 9.64 Å². The number of rotatable bonds is 9. The molecule has 0 saturated carbocycles. The third-order valence-electron chi connectivity index (χ3n) is 8.73. The lowest BCUT2D eigenvalue weighted by Gasteiger charge is -2.41. The highest BCUT2D eigenvalue weighted by Gasteiger charge is 2.41.